The third-order valence-electron chi connectivity index (χ3n) is 4.14. The van der Waals surface area contributed by atoms with Gasteiger partial charge in [-0.3, -0.25) is 9.36 Å². The molecule has 0 saturated carbocycles. The van der Waals surface area contributed by atoms with Gasteiger partial charge in [0.2, 0.25) is 0 Å². The molecule has 0 aliphatic heterocycles. The fourth-order valence-electron chi connectivity index (χ4n) is 2.71. The van der Waals surface area contributed by atoms with Crippen molar-refractivity contribution in [3.05, 3.63) is 57.0 Å². The van der Waals surface area contributed by atoms with E-state index >= 15 is 0 Å². The van der Waals surface area contributed by atoms with Gasteiger partial charge in [0.1, 0.15) is 16.4 Å². The van der Waals surface area contributed by atoms with E-state index in [0.29, 0.717) is 36.5 Å². The van der Waals surface area contributed by atoms with Crippen LogP contribution in [0.25, 0.3) is 10.2 Å². The summed E-state index contributed by atoms with van der Waals surface area (Å²) in [6.45, 7) is 4.87. The van der Waals surface area contributed by atoms with Gasteiger partial charge < -0.3 is 9.84 Å². The zero-order valence-corrected chi connectivity index (χ0v) is 15.5. The van der Waals surface area contributed by atoms with Gasteiger partial charge in [-0.1, -0.05) is 6.92 Å². The lowest BCUT2D eigenvalue weighted by Crippen LogP contribution is -2.24. The summed E-state index contributed by atoms with van der Waals surface area (Å²) < 4.78 is 7.31. The minimum Gasteiger partial charge on any atom is -0.494 e. The van der Waals surface area contributed by atoms with Crippen LogP contribution in [0.4, 0.5) is 0 Å². The van der Waals surface area contributed by atoms with E-state index in [1.54, 1.807) is 28.0 Å². The first-order chi connectivity index (χ1) is 12.5. The van der Waals surface area contributed by atoms with Gasteiger partial charge in [0.25, 0.3) is 5.56 Å². The molecule has 1 aromatic carbocycles. The standard InChI is InChI=1S/C19H20N2O4S/c1-3-15-11-16-17(26-15)20-12(2)21(18(16)22)9-4-10-25-14-7-5-13(6-8-14)19(23)24/h5-8,11H,3-4,9-10H2,1-2H3,(H,23,24). The second kappa shape index (κ2) is 7.70. The number of rotatable bonds is 7. The summed E-state index contributed by atoms with van der Waals surface area (Å²) in [6.07, 6.45) is 1.55. The summed E-state index contributed by atoms with van der Waals surface area (Å²) in [5.74, 6) is 0.352. The molecule has 7 heteroatoms. The largest absolute Gasteiger partial charge is 0.494 e. The van der Waals surface area contributed by atoms with E-state index in [1.807, 2.05) is 13.0 Å². The number of fused-ring (bicyclic) bond motifs is 1. The van der Waals surface area contributed by atoms with Gasteiger partial charge in [0.15, 0.2) is 0 Å². The number of aromatic nitrogens is 2. The summed E-state index contributed by atoms with van der Waals surface area (Å²) in [5.41, 5.74) is 0.218. The van der Waals surface area contributed by atoms with E-state index in [-0.39, 0.29) is 11.1 Å². The summed E-state index contributed by atoms with van der Waals surface area (Å²) in [6, 6.07) is 8.21. The molecule has 2 aromatic heterocycles. The van der Waals surface area contributed by atoms with E-state index in [0.717, 1.165) is 16.1 Å². The Bertz CT molecular complexity index is 989. The molecule has 6 nitrogen and oxygen atoms in total. The van der Waals surface area contributed by atoms with Crippen LogP contribution in [-0.4, -0.2) is 27.2 Å². The van der Waals surface area contributed by atoms with Gasteiger partial charge in [-0.05, 0) is 50.1 Å². The second-order valence-corrected chi connectivity index (χ2v) is 7.05. The molecule has 0 spiro atoms. The Morgan fingerprint density at radius 1 is 1.31 bits per heavy atom. The predicted molar refractivity (Wildman–Crippen MR) is 102 cm³/mol. The summed E-state index contributed by atoms with van der Waals surface area (Å²) in [5, 5.41) is 9.57. The molecule has 136 valence electrons. The van der Waals surface area contributed by atoms with Crippen LogP contribution in [0, 0.1) is 6.92 Å². The zero-order chi connectivity index (χ0) is 18.7. The Kier molecular flexibility index (Phi) is 5.37. The monoisotopic (exact) mass is 372 g/mol. The first-order valence-electron chi connectivity index (χ1n) is 8.45. The minimum absolute atomic E-state index is 0.00531. The SMILES string of the molecule is CCc1cc2c(=O)n(CCCOc3ccc(C(=O)O)cc3)c(C)nc2s1. The lowest BCUT2D eigenvalue weighted by atomic mass is 10.2. The second-order valence-electron chi connectivity index (χ2n) is 5.93. The number of benzene rings is 1. The molecule has 0 saturated heterocycles. The third-order valence-corrected chi connectivity index (χ3v) is 5.31. The molecule has 0 amide bonds. The number of hydrogen-bond acceptors (Lipinski definition) is 5. The third kappa shape index (κ3) is 3.77. The number of aromatic carboxylic acids is 1. The van der Waals surface area contributed by atoms with Crippen LogP contribution in [0.1, 0.15) is 34.4 Å². The molecular weight excluding hydrogens is 352 g/mol. The number of thiophene rings is 1. The van der Waals surface area contributed by atoms with Crippen LogP contribution >= 0.6 is 11.3 Å². The van der Waals surface area contributed by atoms with Crippen molar-refractivity contribution in [3.8, 4) is 5.75 Å². The van der Waals surface area contributed by atoms with Crippen LogP contribution in [0.3, 0.4) is 0 Å². The Labute approximate surface area is 154 Å². The fraction of sp³-hybridized carbons (Fsp3) is 0.316. The smallest absolute Gasteiger partial charge is 0.335 e. The molecule has 3 rings (SSSR count). The van der Waals surface area contributed by atoms with Gasteiger partial charge in [-0.25, -0.2) is 9.78 Å². The predicted octanol–water partition coefficient (Wildman–Crippen LogP) is 3.50. The highest BCUT2D eigenvalue weighted by molar-refractivity contribution is 7.18. The van der Waals surface area contributed by atoms with Crippen LogP contribution in [0.2, 0.25) is 0 Å². The molecule has 3 aromatic rings. The first kappa shape index (κ1) is 18.1. The van der Waals surface area contributed by atoms with Gasteiger partial charge in [0.05, 0.1) is 17.6 Å². The van der Waals surface area contributed by atoms with E-state index in [2.05, 4.69) is 11.9 Å². The van der Waals surface area contributed by atoms with Crippen LogP contribution in [0.5, 0.6) is 5.75 Å². The molecule has 0 aliphatic carbocycles. The zero-order valence-electron chi connectivity index (χ0n) is 14.7. The number of carboxylic acids is 1. The number of carboxylic acid groups (broad SMARTS) is 1. The van der Waals surface area contributed by atoms with Crippen LogP contribution in [0.15, 0.2) is 35.1 Å². The summed E-state index contributed by atoms with van der Waals surface area (Å²) in [4.78, 5) is 30.0. The van der Waals surface area contributed by atoms with E-state index < -0.39 is 5.97 Å². The first-order valence-corrected chi connectivity index (χ1v) is 9.27. The van der Waals surface area contributed by atoms with Crippen LogP contribution in [-0.2, 0) is 13.0 Å². The van der Waals surface area contributed by atoms with Gasteiger partial charge in [0, 0.05) is 11.4 Å². The Morgan fingerprint density at radius 2 is 2.04 bits per heavy atom. The molecular formula is C19H20N2O4S. The highest BCUT2D eigenvalue weighted by Gasteiger charge is 2.11. The van der Waals surface area contributed by atoms with Crippen molar-refractivity contribution in [2.45, 2.75) is 33.2 Å². The molecule has 0 fully saturated rings. The van der Waals surface area contributed by atoms with Crippen molar-refractivity contribution in [1.82, 2.24) is 9.55 Å². The van der Waals surface area contributed by atoms with Crippen molar-refractivity contribution in [1.29, 1.82) is 0 Å². The molecule has 0 radical (unpaired) electrons. The topological polar surface area (TPSA) is 81.4 Å². The quantitative estimate of drug-likeness (QED) is 0.642. The highest BCUT2D eigenvalue weighted by Crippen LogP contribution is 2.22. The maximum absolute atomic E-state index is 12.7. The Hall–Kier alpha value is -2.67. The van der Waals surface area contributed by atoms with Crippen molar-refractivity contribution in [3.63, 3.8) is 0 Å². The average molecular weight is 372 g/mol. The van der Waals surface area contributed by atoms with Crippen LogP contribution < -0.4 is 10.3 Å². The van der Waals surface area contributed by atoms with Crippen molar-refractivity contribution >= 4 is 27.5 Å². The molecule has 0 bridgehead atoms. The highest BCUT2D eigenvalue weighted by atomic mass is 32.1. The van der Waals surface area contributed by atoms with Crippen molar-refractivity contribution < 1.29 is 14.6 Å². The lowest BCUT2D eigenvalue weighted by molar-refractivity contribution is 0.0697. The summed E-state index contributed by atoms with van der Waals surface area (Å²) in [7, 11) is 0. The number of hydrogen-bond donors (Lipinski definition) is 1. The molecule has 26 heavy (non-hydrogen) atoms. The Morgan fingerprint density at radius 3 is 2.69 bits per heavy atom. The number of aryl methyl sites for hydroxylation is 2. The summed E-state index contributed by atoms with van der Waals surface area (Å²) >= 11 is 1.57. The molecule has 0 unspecified atom stereocenters. The lowest BCUT2D eigenvalue weighted by Gasteiger charge is -2.10. The molecule has 1 N–H and O–H groups in total. The average Bonchev–Trinajstić information content (AvgIpc) is 3.04. The maximum atomic E-state index is 12.7. The fourth-order valence-corrected chi connectivity index (χ4v) is 3.71. The minimum atomic E-state index is -0.964. The number of nitrogens with zero attached hydrogens (tertiary/aromatic N) is 2. The van der Waals surface area contributed by atoms with E-state index in [4.69, 9.17) is 9.84 Å². The van der Waals surface area contributed by atoms with E-state index in [9.17, 15) is 9.59 Å². The Balaban J connectivity index is 1.64. The van der Waals surface area contributed by atoms with Gasteiger partial charge in [-0.2, -0.15) is 0 Å². The maximum Gasteiger partial charge on any atom is 0.335 e. The van der Waals surface area contributed by atoms with Gasteiger partial charge >= 0.3 is 5.97 Å². The number of ether oxygens (including phenoxy) is 1. The van der Waals surface area contributed by atoms with E-state index in [1.165, 1.54) is 12.1 Å². The van der Waals surface area contributed by atoms with Gasteiger partial charge in [-0.15, -0.1) is 11.3 Å². The van der Waals surface area contributed by atoms with Crippen molar-refractivity contribution in [2.24, 2.45) is 0 Å². The molecule has 0 atom stereocenters. The van der Waals surface area contributed by atoms with Crippen molar-refractivity contribution in [2.75, 3.05) is 6.61 Å². The number of carbonyl (C=O) groups is 1. The molecule has 2 heterocycles. The molecule has 0 aliphatic rings. The normalized spacial score (nSPS) is 11.0.